The number of carbonyl (C=O) groups is 1. The van der Waals surface area contributed by atoms with Crippen molar-refractivity contribution in [1.82, 2.24) is 4.90 Å². The first-order chi connectivity index (χ1) is 7.77. The van der Waals surface area contributed by atoms with Crippen LogP contribution in [0.1, 0.15) is 18.9 Å². The molecule has 0 bridgehead atoms. The SMILES string of the molecule is CN(C)C(C)(CC(=O)O)c1ccc(F)cc1Br. The molecule has 0 aliphatic carbocycles. The normalized spacial score (nSPS) is 14.7. The first-order valence-corrected chi connectivity index (χ1v) is 5.91. The highest BCUT2D eigenvalue weighted by Gasteiger charge is 2.33. The van der Waals surface area contributed by atoms with E-state index in [2.05, 4.69) is 15.9 Å². The minimum absolute atomic E-state index is 0.0514. The van der Waals surface area contributed by atoms with Crippen LogP contribution in [0.15, 0.2) is 22.7 Å². The number of benzene rings is 1. The second-order valence-corrected chi connectivity index (χ2v) is 5.22. The largest absolute Gasteiger partial charge is 0.481 e. The smallest absolute Gasteiger partial charge is 0.305 e. The highest BCUT2D eigenvalue weighted by atomic mass is 79.9. The summed E-state index contributed by atoms with van der Waals surface area (Å²) < 4.78 is 13.6. The summed E-state index contributed by atoms with van der Waals surface area (Å²) in [6.45, 7) is 1.82. The predicted octanol–water partition coefficient (Wildman–Crippen LogP) is 2.84. The maximum absolute atomic E-state index is 13.0. The zero-order valence-corrected chi connectivity index (χ0v) is 11.6. The van der Waals surface area contributed by atoms with E-state index >= 15 is 0 Å². The van der Waals surface area contributed by atoms with Gasteiger partial charge in [-0.3, -0.25) is 9.69 Å². The molecule has 0 aromatic heterocycles. The number of aliphatic carboxylic acids is 1. The molecule has 0 radical (unpaired) electrons. The quantitative estimate of drug-likeness (QED) is 0.930. The first kappa shape index (κ1) is 14.1. The van der Waals surface area contributed by atoms with Crippen molar-refractivity contribution in [3.63, 3.8) is 0 Å². The van der Waals surface area contributed by atoms with Gasteiger partial charge in [-0.2, -0.15) is 0 Å². The van der Waals surface area contributed by atoms with Crippen molar-refractivity contribution < 1.29 is 14.3 Å². The summed E-state index contributed by atoms with van der Waals surface area (Å²) >= 11 is 3.28. The topological polar surface area (TPSA) is 40.5 Å². The fraction of sp³-hybridized carbons (Fsp3) is 0.417. The number of hydrogen-bond donors (Lipinski definition) is 1. The molecule has 0 aliphatic rings. The van der Waals surface area contributed by atoms with Crippen molar-refractivity contribution in [3.8, 4) is 0 Å². The number of halogens is 2. The highest BCUT2D eigenvalue weighted by molar-refractivity contribution is 9.10. The fourth-order valence-electron chi connectivity index (χ4n) is 1.71. The average Bonchev–Trinajstić information content (AvgIpc) is 2.15. The standard InChI is InChI=1S/C12H15BrFNO2/c1-12(15(2)3,7-11(16)17)9-5-4-8(14)6-10(9)13/h4-6H,7H2,1-3H3,(H,16,17). The molecular weight excluding hydrogens is 289 g/mol. The van der Waals surface area contributed by atoms with Crippen molar-refractivity contribution >= 4 is 21.9 Å². The number of carboxylic acids is 1. The Kier molecular flexibility index (Phi) is 4.27. The van der Waals surface area contributed by atoms with E-state index in [4.69, 9.17) is 5.11 Å². The molecule has 1 aromatic rings. The minimum Gasteiger partial charge on any atom is -0.481 e. The maximum atomic E-state index is 13.0. The van der Waals surface area contributed by atoms with Crippen LogP contribution in [0.2, 0.25) is 0 Å². The maximum Gasteiger partial charge on any atom is 0.305 e. The van der Waals surface area contributed by atoms with Gasteiger partial charge in [-0.05, 0) is 38.7 Å². The summed E-state index contributed by atoms with van der Waals surface area (Å²) in [5.41, 5.74) is 0.0737. The van der Waals surface area contributed by atoms with E-state index in [1.807, 2.05) is 11.8 Å². The van der Waals surface area contributed by atoms with Gasteiger partial charge in [0.25, 0.3) is 0 Å². The van der Waals surface area contributed by atoms with E-state index < -0.39 is 11.5 Å². The lowest BCUT2D eigenvalue weighted by molar-refractivity contribution is -0.140. The lowest BCUT2D eigenvalue weighted by Gasteiger charge is -2.36. The van der Waals surface area contributed by atoms with Crippen LogP contribution in [0.25, 0.3) is 0 Å². The zero-order chi connectivity index (χ0) is 13.2. The highest BCUT2D eigenvalue weighted by Crippen LogP contribution is 2.35. The van der Waals surface area contributed by atoms with Crippen molar-refractivity contribution in [3.05, 3.63) is 34.1 Å². The predicted molar refractivity (Wildman–Crippen MR) is 67.4 cm³/mol. The molecule has 0 heterocycles. The average molecular weight is 304 g/mol. The third kappa shape index (κ3) is 3.04. The van der Waals surface area contributed by atoms with E-state index in [0.29, 0.717) is 4.47 Å². The Morgan fingerprint density at radius 1 is 1.53 bits per heavy atom. The Labute approximate surface area is 108 Å². The van der Waals surface area contributed by atoms with Crippen molar-refractivity contribution in [2.75, 3.05) is 14.1 Å². The Morgan fingerprint density at radius 2 is 2.12 bits per heavy atom. The van der Waals surface area contributed by atoms with E-state index in [-0.39, 0.29) is 12.2 Å². The van der Waals surface area contributed by atoms with Crippen LogP contribution in [0.4, 0.5) is 4.39 Å². The van der Waals surface area contributed by atoms with E-state index in [9.17, 15) is 9.18 Å². The summed E-state index contributed by atoms with van der Waals surface area (Å²) in [7, 11) is 3.61. The number of nitrogens with zero attached hydrogens (tertiary/aromatic N) is 1. The lowest BCUT2D eigenvalue weighted by Crippen LogP contribution is -2.40. The van der Waals surface area contributed by atoms with Gasteiger partial charge in [0.05, 0.1) is 12.0 Å². The minimum atomic E-state index is -0.891. The van der Waals surface area contributed by atoms with Crippen LogP contribution < -0.4 is 0 Å². The molecule has 0 saturated carbocycles. The molecule has 0 aliphatic heterocycles. The van der Waals surface area contributed by atoms with Crippen LogP contribution in [-0.2, 0) is 10.3 Å². The van der Waals surface area contributed by atoms with E-state index in [1.54, 1.807) is 20.2 Å². The van der Waals surface area contributed by atoms with Gasteiger partial charge in [0.2, 0.25) is 0 Å². The molecule has 0 fully saturated rings. The zero-order valence-electron chi connectivity index (χ0n) is 10.00. The second-order valence-electron chi connectivity index (χ2n) is 4.36. The molecule has 0 spiro atoms. The molecule has 0 saturated heterocycles. The summed E-state index contributed by atoms with van der Waals surface area (Å²) in [5, 5.41) is 8.99. The molecule has 1 rings (SSSR count). The van der Waals surface area contributed by atoms with Gasteiger partial charge in [-0.25, -0.2) is 4.39 Å². The molecule has 1 atom stereocenters. The van der Waals surface area contributed by atoms with Gasteiger partial charge in [0.15, 0.2) is 0 Å². The Balaban J connectivity index is 3.27. The summed E-state index contributed by atoms with van der Waals surface area (Å²) in [6.07, 6.45) is -0.0514. The first-order valence-electron chi connectivity index (χ1n) is 5.12. The van der Waals surface area contributed by atoms with Gasteiger partial charge < -0.3 is 5.11 Å². The summed E-state index contributed by atoms with van der Waals surface area (Å²) in [5.74, 6) is -1.24. The molecule has 0 amide bonds. The van der Waals surface area contributed by atoms with Gasteiger partial charge in [0, 0.05) is 4.47 Å². The van der Waals surface area contributed by atoms with Gasteiger partial charge in [0.1, 0.15) is 5.82 Å². The van der Waals surface area contributed by atoms with Gasteiger partial charge in [-0.1, -0.05) is 22.0 Å². The fourth-order valence-corrected chi connectivity index (χ4v) is 2.49. The number of carboxylic acid groups (broad SMARTS) is 1. The van der Waals surface area contributed by atoms with Crippen LogP contribution in [0, 0.1) is 5.82 Å². The Morgan fingerprint density at radius 3 is 2.53 bits per heavy atom. The third-order valence-corrected chi connectivity index (χ3v) is 3.65. The van der Waals surface area contributed by atoms with Crippen LogP contribution in [-0.4, -0.2) is 30.1 Å². The van der Waals surface area contributed by atoms with E-state index in [1.165, 1.54) is 12.1 Å². The van der Waals surface area contributed by atoms with Crippen molar-refractivity contribution in [1.29, 1.82) is 0 Å². The lowest BCUT2D eigenvalue weighted by atomic mass is 9.87. The molecule has 3 nitrogen and oxygen atoms in total. The van der Waals surface area contributed by atoms with Crippen LogP contribution >= 0.6 is 15.9 Å². The molecule has 5 heteroatoms. The summed E-state index contributed by atoms with van der Waals surface area (Å²) in [4.78, 5) is 12.8. The molecule has 94 valence electrons. The number of rotatable bonds is 4. The molecule has 1 unspecified atom stereocenters. The van der Waals surface area contributed by atoms with Crippen LogP contribution in [0.5, 0.6) is 0 Å². The molecular formula is C12H15BrFNO2. The van der Waals surface area contributed by atoms with Crippen molar-refractivity contribution in [2.24, 2.45) is 0 Å². The van der Waals surface area contributed by atoms with Crippen molar-refractivity contribution in [2.45, 2.75) is 18.9 Å². The Hall–Kier alpha value is -0.940. The van der Waals surface area contributed by atoms with Crippen LogP contribution in [0.3, 0.4) is 0 Å². The number of hydrogen-bond acceptors (Lipinski definition) is 2. The Bertz CT molecular complexity index is 437. The molecule has 1 aromatic carbocycles. The summed E-state index contributed by atoms with van der Waals surface area (Å²) in [6, 6.07) is 4.30. The second kappa shape index (κ2) is 5.14. The van der Waals surface area contributed by atoms with Gasteiger partial charge >= 0.3 is 5.97 Å². The molecule has 17 heavy (non-hydrogen) atoms. The third-order valence-electron chi connectivity index (χ3n) is 2.99. The van der Waals surface area contributed by atoms with E-state index in [0.717, 1.165) is 5.56 Å². The van der Waals surface area contributed by atoms with Gasteiger partial charge in [-0.15, -0.1) is 0 Å². The molecule has 1 N–H and O–H groups in total. The monoisotopic (exact) mass is 303 g/mol.